The fourth-order valence-electron chi connectivity index (χ4n) is 3.20. The smallest absolute Gasteiger partial charge is 0.0465 e. The average Bonchev–Trinajstić information content (AvgIpc) is 2.38. The highest BCUT2D eigenvalue weighted by Gasteiger charge is 2.38. The Hall–Kier alpha value is -0.160. The molecule has 3 N–H and O–H groups in total. The van der Waals surface area contributed by atoms with Gasteiger partial charge in [0, 0.05) is 25.3 Å². The molecular weight excluding hydrogens is 226 g/mol. The van der Waals surface area contributed by atoms with Crippen molar-refractivity contribution >= 4 is 0 Å². The Bertz CT molecular complexity index is 227. The van der Waals surface area contributed by atoms with E-state index in [4.69, 9.17) is 10.6 Å². The number of rotatable bonds is 7. The van der Waals surface area contributed by atoms with Gasteiger partial charge in [-0.1, -0.05) is 13.3 Å². The van der Waals surface area contributed by atoms with Gasteiger partial charge in [-0.15, -0.1) is 0 Å². The number of nitrogens with one attached hydrogen (secondary N) is 1. The average molecular weight is 257 g/mol. The lowest BCUT2D eigenvalue weighted by atomic mass is 9.82. The first kappa shape index (κ1) is 15.9. The number of nitrogens with two attached hydrogens (primary N) is 1. The summed E-state index contributed by atoms with van der Waals surface area (Å²) in [5, 5.41) is 0. The summed E-state index contributed by atoms with van der Waals surface area (Å²) in [7, 11) is 1.76. The molecule has 1 aliphatic heterocycles. The van der Waals surface area contributed by atoms with Crippen LogP contribution in [0.5, 0.6) is 0 Å². The standard InChI is InChI=1S/C14H31N3O/c1-12(8-11-18-4)13(16-15)14(2,3)17-9-6-5-7-10-17/h12-13,16H,5-11,15H2,1-4H3. The first-order valence-electron chi connectivity index (χ1n) is 7.24. The van der Waals surface area contributed by atoms with Gasteiger partial charge in [0.2, 0.25) is 0 Å². The molecule has 0 aliphatic carbocycles. The summed E-state index contributed by atoms with van der Waals surface area (Å²) in [4.78, 5) is 2.59. The van der Waals surface area contributed by atoms with Gasteiger partial charge in [-0.3, -0.25) is 16.2 Å². The van der Waals surface area contributed by atoms with Gasteiger partial charge in [0.25, 0.3) is 0 Å². The molecule has 1 heterocycles. The molecule has 0 spiro atoms. The highest BCUT2D eigenvalue weighted by molar-refractivity contribution is 4.96. The van der Waals surface area contributed by atoms with Gasteiger partial charge in [-0.2, -0.15) is 0 Å². The summed E-state index contributed by atoms with van der Waals surface area (Å²) in [6.07, 6.45) is 5.04. The number of hydrogen-bond donors (Lipinski definition) is 2. The monoisotopic (exact) mass is 257 g/mol. The summed E-state index contributed by atoms with van der Waals surface area (Å²) in [5.41, 5.74) is 3.15. The summed E-state index contributed by atoms with van der Waals surface area (Å²) >= 11 is 0. The van der Waals surface area contributed by atoms with Crippen molar-refractivity contribution < 1.29 is 4.74 Å². The van der Waals surface area contributed by atoms with Gasteiger partial charge in [0.15, 0.2) is 0 Å². The molecule has 2 atom stereocenters. The molecule has 1 fully saturated rings. The van der Waals surface area contributed by atoms with Crippen LogP contribution in [0.25, 0.3) is 0 Å². The first-order valence-corrected chi connectivity index (χ1v) is 7.24. The number of ether oxygens (including phenoxy) is 1. The lowest BCUT2D eigenvalue weighted by Crippen LogP contribution is -2.62. The van der Waals surface area contributed by atoms with Crippen molar-refractivity contribution in [1.82, 2.24) is 10.3 Å². The maximum atomic E-state index is 5.82. The predicted molar refractivity (Wildman–Crippen MR) is 76.3 cm³/mol. The third-order valence-electron chi connectivity index (χ3n) is 4.46. The molecule has 1 saturated heterocycles. The van der Waals surface area contributed by atoms with Gasteiger partial charge in [0.05, 0.1) is 0 Å². The molecule has 0 radical (unpaired) electrons. The van der Waals surface area contributed by atoms with Crippen LogP contribution in [-0.4, -0.2) is 43.3 Å². The molecule has 0 amide bonds. The fourth-order valence-corrected chi connectivity index (χ4v) is 3.20. The minimum atomic E-state index is 0.0995. The summed E-state index contributed by atoms with van der Waals surface area (Å²) in [6.45, 7) is 10.1. The largest absolute Gasteiger partial charge is 0.385 e. The van der Waals surface area contributed by atoms with Crippen LogP contribution in [0.2, 0.25) is 0 Å². The minimum absolute atomic E-state index is 0.0995. The second kappa shape index (κ2) is 7.43. The van der Waals surface area contributed by atoms with Crippen molar-refractivity contribution in [3.05, 3.63) is 0 Å². The van der Waals surface area contributed by atoms with E-state index in [1.165, 1.54) is 32.4 Å². The van der Waals surface area contributed by atoms with E-state index in [1.54, 1.807) is 7.11 Å². The molecular formula is C14H31N3O. The maximum Gasteiger partial charge on any atom is 0.0465 e. The van der Waals surface area contributed by atoms with Crippen LogP contribution >= 0.6 is 0 Å². The van der Waals surface area contributed by atoms with Crippen LogP contribution in [0, 0.1) is 5.92 Å². The first-order chi connectivity index (χ1) is 8.54. The normalized spacial score (nSPS) is 21.8. The quantitative estimate of drug-likeness (QED) is 0.539. The molecule has 4 heteroatoms. The van der Waals surface area contributed by atoms with Crippen LogP contribution in [0.15, 0.2) is 0 Å². The van der Waals surface area contributed by atoms with Crippen LogP contribution in [0.3, 0.4) is 0 Å². The molecule has 0 bridgehead atoms. The molecule has 4 nitrogen and oxygen atoms in total. The van der Waals surface area contributed by atoms with Gasteiger partial charge in [-0.05, 0) is 52.1 Å². The molecule has 1 rings (SSSR count). The summed E-state index contributed by atoms with van der Waals surface area (Å²) in [5.74, 6) is 6.33. The SMILES string of the molecule is COCCC(C)C(NN)C(C)(C)N1CCCCC1. The van der Waals surface area contributed by atoms with E-state index >= 15 is 0 Å². The zero-order valence-corrected chi connectivity index (χ0v) is 12.5. The molecule has 1 aliphatic rings. The Balaban J connectivity index is 2.64. The maximum absolute atomic E-state index is 5.82. The van der Waals surface area contributed by atoms with Gasteiger partial charge < -0.3 is 4.74 Å². The van der Waals surface area contributed by atoms with Crippen LogP contribution in [0.4, 0.5) is 0 Å². The van der Waals surface area contributed by atoms with Crippen molar-refractivity contribution in [3.8, 4) is 0 Å². The van der Waals surface area contributed by atoms with Crippen molar-refractivity contribution in [2.75, 3.05) is 26.8 Å². The number of piperidine rings is 1. The summed E-state index contributed by atoms with van der Waals surface area (Å²) in [6, 6.07) is 0.297. The van der Waals surface area contributed by atoms with E-state index in [1.807, 2.05) is 0 Å². The topological polar surface area (TPSA) is 50.5 Å². The van der Waals surface area contributed by atoms with E-state index in [0.29, 0.717) is 12.0 Å². The van der Waals surface area contributed by atoms with Gasteiger partial charge >= 0.3 is 0 Å². The summed E-state index contributed by atoms with van der Waals surface area (Å²) < 4.78 is 5.18. The Kier molecular flexibility index (Phi) is 6.57. The number of hydrazine groups is 1. The Labute approximate surface area is 112 Å². The van der Waals surface area contributed by atoms with E-state index in [0.717, 1.165) is 13.0 Å². The van der Waals surface area contributed by atoms with E-state index < -0.39 is 0 Å². The lowest BCUT2D eigenvalue weighted by molar-refractivity contribution is 0.0363. The Morgan fingerprint density at radius 1 is 1.28 bits per heavy atom. The van der Waals surface area contributed by atoms with Gasteiger partial charge in [-0.25, -0.2) is 0 Å². The number of likely N-dealkylation sites (tertiary alicyclic amines) is 1. The van der Waals surface area contributed by atoms with Crippen LogP contribution in [-0.2, 0) is 4.74 Å². The zero-order valence-electron chi connectivity index (χ0n) is 12.5. The number of nitrogens with zero attached hydrogens (tertiary/aromatic N) is 1. The highest BCUT2D eigenvalue weighted by Crippen LogP contribution is 2.28. The lowest BCUT2D eigenvalue weighted by Gasteiger charge is -2.47. The third kappa shape index (κ3) is 3.92. The molecule has 0 aromatic carbocycles. The van der Waals surface area contributed by atoms with Crippen molar-refractivity contribution in [2.45, 2.75) is 58.0 Å². The number of methoxy groups -OCH3 is 1. The second-order valence-corrected chi connectivity index (χ2v) is 6.10. The van der Waals surface area contributed by atoms with E-state index in [9.17, 15) is 0 Å². The predicted octanol–water partition coefficient (Wildman–Crippen LogP) is 1.76. The fraction of sp³-hybridized carbons (Fsp3) is 1.00. The molecule has 0 aromatic rings. The van der Waals surface area contributed by atoms with Gasteiger partial charge in [0.1, 0.15) is 0 Å². The van der Waals surface area contributed by atoms with Crippen molar-refractivity contribution in [3.63, 3.8) is 0 Å². The third-order valence-corrected chi connectivity index (χ3v) is 4.46. The Morgan fingerprint density at radius 2 is 1.89 bits per heavy atom. The van der Waals surface area contributed by atoms with Crippen LogP contribution < -0.4 is 11.3 Å². The van der Waals surface area contributed by atoms with Crippen LogP contribution in [0.1, 0.15) is 46.5 Å². The van der Waals surface area contributed by atoms with E-state index in [2.05, 4.69) is 31.1 Å². The molecule has 108 valence electrons. The molecule has 0 aromatic heterocycles. The van der Waals surface area contributed by atoms with Crippen molar-refractivity contribution in [1.29, 1.82) is 0 Å². The number of hydrogen-bond acceptors (Lipinski definition) is 4. The molecule has 18 heavy (non-hydrogen) atoms. The highest BCUT2D eigenvalue weighted by atomic mass is 16.5. The van der Waals surface area contributed by atoms with E-state index in [-0.39, 0.29) is 5.54 Å². The van der Waals surface area contributed by atoms with Crippen molar-refractivity contribution in [2.24, 2.45) is 11.8 Å². The zero-order chi connectivity index (χ0) is 13.6. The second-order valence-electron chi connectivity index (χ2n) is 6.10. The molecule has 2 unspecified atom stereocenters. The minimum Gasteiger partial charge on any atom is -0.385 e. The Morgan fingerprint density at radius 3 is 2.39 bits per heavy atom. The molecule has 0 saturated carbocycles.